The third-order valence-corrected chi connectivity index (χ3v) is 3.45. The van der Waals surface area contributed by atoms with Gasteiger partial charge in [0, 0.05) is 13.2 Å². The molecular weight excluding hydrogens is 376 g/mol. The molecule has 0 unspecified atom stereocenters. The predicted octanol–water partition coefficient (Wildman–Crippen LogP) is 3.31. The molecule has 2 N–H and O–H groups in total. The first kappa shape index (κ1) is 10.7. The molecule has 1 aromatic rings. The summed E-state index contributed by atoms with van der Waals surface area (Å²) in [5.74, 6) is 0. The van der Waals surface area contributed by atoms with Gasteiger partial charge < -0.3 is 5.73 Å². The minimum absolute atomic E-state index is 0.187. The molecule has 0 bridgehead atoms. The van der Waals surface area contributed by atoms with Crippen LogP contribution in [0.5, 0.6) is 0 Å². The Bertz CT molecular complexity index is 273. The Labute approximate surface area is 100 Å². The molecule has 0 saturated carbocycles. The van der Waals surface area contributed by atoms with Gasteiger partial charge in [0.05, 0.1) is 0 Å². The van der Waals surface area contributed by atoms with Crippen molar-refractivity contribution in [3.8, 4) is 0 Å². The summed E-state index contributed by atoms with van der Waals surface area (Å²) in [7, 11) is 0. The van der Waals surface area contributed by atoms with Crippen molar-refractivity contribution in [3.05, 3.63) is 30.9 Å². The van der Waals surface area contributed by atoms with Crippen LogP contribution in [0.4, 0.5) is 0 Å². The van der Waals surface area contributed by atoms with Crippen LogP contribution in [0.3, 0.4) is 0 Å². The molecule has 1 atom stereocenters. The summed E-state index contributed by atoms with van der Waals surface area (Å²) in [6.45, 7) is 2.11. The zero-order chi connectivity index (χ0) is 9.14. The molecule has 12 heavy (non-hydrogen) atoms. The van der Waals surface area contributed by atoms with Crippen molar-refractivity contribution in [1.29, 1.82) is 0 Å². The second-order valence-electron chi connectivity index (χ2n) is 2.68. The standard InChI is InChI=1S/C9H11I2N/c1-2-9(12)7-5-6(10)3-4-8(7)11/h3-5,9H,2,12H2,1H3/t9-/m0/s1. The molecule has 3 heteroatoms. The van der Waals surface area contributed by atoms with Crippen LogP contribution in [0.1, 0.15) is 24.9 Å². The largest absolute Gasteiger partial charge is 0.324 e. The lowest BCUT2D eigenvalue weighted by Gasteiger charge is -2.11. The maximum atomic E-state index is 5.96. The molecular formula is C9H11I2N. The fourth-order valence-electron chi connectivity index (χ4n) is 1.02. The molecule has 0 aliphatic heterocycles. The van der Waals surface area contributed by atoms with Gasteiger partial charge in [-0.05, 0) is 75.4 Å². The Morgan fingerprint density at radius 1 is 1.42 bits per heavy atom. The second kappa shape index (κ2) is 4.76. The van der Waals surface area contributed by atoms with Crippen molar-refractivity contribution in [2.75, 3.05) is 0 Å². The Morgan fingerprint density at radius 2 is 2.08 bits per heavy atom. The summed E-state index contributed by atoms with van der Waals surface area (Å²) < 4.78 is 2.52. The van der Waals surface area contributed by atoms with Gasteiger partial charge in [0.15, 0.2) is 0 Å². The van der Waals surface area contributed by atoms with E-state index in [-0.39, 0.29) is 6.04 Å². The quantitative estimate of drug-likeness (QED) is 0.775. The molecule has 1 rings (SSSR count). The van der Waals surface area contributed by atoms with Crippen molar-refractivity contribution in [2.24, 2.45) is 5.73 Å². The van der Waals surface area contributed by atoms with E-state index in [2.05, 4.69) is 70.3 Å². The van der Waals surface area contributed by atoms with Gasteiger partial charge >= 0.3 is 0 Å². The minimum Gasteiger partial charge on any atom is -0.324 e. The van der Waals surface area contributed by atoms with Crippen molar-refractivity contribution in [1.82, 2.24) is 0 Å². The van der Waals surface area contributed by atoms with E-state index in [4.69, 9.17) is 5.73 Å². The molecule has 0 aliphatic carbocycles. The van der Waals surface area contributed by atoms with Crippen LogP contribution in [-0.2, 0) is 0 Å². The van der Waals surface area contributed by atoms with Crippen LogP contribution >= 0.6 is 45.2 Å². The molecule has 0 amide bonds. The number of benzene rings is 1. The normalized spacial score (nSPS) is 13.0. The minimum atomic E-state index is 0.187. The highest BCUT2D eigenvalue weighted by Gasteiger charge is 2.07. The summed E-state index contributed by atoms with van der Waals surface area (Å²) in [4.78, 5) is 0. The fourth-order valence-corrected chi connectivity index (χ4v) is 2.27. The molecule has 0 aliphatic rings. The van der Waals surface area contributed by atoms with Crippen LogP contribution in [0.25, 0.3) is 0 Å². The maximum absolute atomic E-state index is 5.96. The van der Waals surface area contributed by atoms with Crippen LogP contribution in [-0.4, -0.2) is 0 Å². The molecule has 0 heterocycles. The molecule has 0 aromatic heterocycles. The Kier molecular flexibility index (Phi) is 4.25. The number of halogens is 2. The topological polar surface area (TPSA) is 26.0 Å². The lowest BCUT2D eigenvalue weighted by atomic mass is 10.1. The smallest absolute Gasteiger partial charge is 0.0303 e. The van der Waals surface area contributed by atoms with E-state index in [9.17, 15) is 0 Å². The van der Waals surface area contributed by atoms with Gasteiger partial charge in [0.2, 0.25) is 0 Å². The third-order valence-electron chi connectivity index (χ3n) is 1.80. The third kappa shape index (κ3) is 2.56. The van der Waals surface area contributed by atoms with Gasteiger partial charge in [-0.15, -0.1) is 0 Å². The van der Waals surface area contributed by atoms with E-state index in [1.54, 1.807) is 0 Å². The summed E-state index contributed by atoms with van der Waals surface area (Å²) in [6, 6.07) is 6.57. The Balaban J connectivity index is 3.04. The Hall–Kier alpha value is 0.640. The van der Waals surface area contributed by atoms with E-state index in [0.717, 1.165) is 6.42 Å². The lowest BCUT2D eigenvalue weighted by Crippen LogP contribution is -2.10. The molecule has 0 spiro atoms. The first-order valence-corrected chi connectivity index (χ1v) is 6.01. The zero-order valence-corrected chi connectivity index (χ0v) is 11.2. The average molecular weight is 387 g/mol. The number of nitrogens with two attached hydrogens (primary N) is 1. The first-order valence-electron chi connectivity index (χ1n) is 3.85. The van der Waals surface area contributed by atoms with E-state index in [1.165, 1.54) is 12.7 Å². The maximum Gasteiger partial charge on any atom is 0.0303 e. The zero-order valence-electron chi connectivity index (χ0n) is 6.85. The highest BCUT2D eigenvalue weighted by atomic mass is 127. The summed E-state index contributed by atoms with van der Waals surface area (Å²) >= 11 is 4.65. The van der Waals surface area contributed by atoms with Crippen LogP contribution in [0, 0.1) is 7.14 Å². The SMILES string of the molecule is CC[C@H](N)c1cc(I)ccc1I. The summed E-state index contributed by atoms with van der Waals surface area (Å²) in [5, 5.41) is 0. The van der Waals surface area contributed by atoms with Gasteiger partial charge in [0.25, 0.3) is 0 Å². The highest BCUT2D eigenvalue weighted by molar-refractivity contribution is 14.1. The van der Waals surface area contributed by atoms with Crippen LogP contribution in [0.15, 0.2) is 18.2 Å². The lowest BCUT2D eigenvalue weighted by molar-refractivity contribution is 0.694. The predicted molar refractivity (Wildman–Crippen MR) is 69.1 cm³/mol. The highest BCUT2D eigenvalue weighted by Crippen LogP contribution is 2.22. The van der Waals surface area contributed by atoms with E-state index in [0.29, 0.717) is 0 Å². The average Bonchev–Trinajstić information content (AvgIpc) is 2.08. The molecule has 0 saturated heterocycles. The second-order valence-corrected chi connectivity index (χ2v) is 5.09. The fraction of sp³-hybridized carbons (Fsp3) is 0.333. The number of hydrogen-bond donors (Lipinski definition) is 1. The van der Waals surface area contributed by atoms with E-state index < -0.39 is 0 Å². The van der Waals surface area contributed by atoms with Crippen molar-refractivity contribution in [3.63, 3.8) is 0 Å². The molecule has 66 valence electrons. The van der Waals surface area contributed by atoms with Gasteiger partial charge in [-0.2, -0.15) is 0 Å². The van der Waals surface area contributed by atoms with Gasteiger partial charge in [-0.3, -0.25) is 0 Å². The number of rotatable bonds is 2. The Morgan fingerprint density at radius 3 is 2.67 bits per heavy atom. The van der Waals surface area contributed by atoms with Gasteiger partial charge in [0.1, 0.15) is 0 Å². The van der Waals surface area contributed by atoms with Crippen LogP contribution in [0.2, 0.25) is 0 Å². The summed E-state index contributed by atoms with van der Waals surface area (Å²) in [5.41, 5.74) is 7.22. The van der Waals surface area contributed by atoms with Crippen molar-refractivity contribution >= 4 is 45.2 Å². The molecule has 1 aromatic carbocycles. The summed E-state index contributed by atoms with van der Waals surface area (Å²) in [6.07, 6.45) is 0.996. The van der Waals surface area contributed by atoms with Gasteiger partial charge in [-0.25, -0.2) is 0 Å². The van der Waals surface area contributed by atoms with Crippen molar-refractivity contribution < 1.29 is 0 Å². The molecule has 0 radical (unpaired) electrons. The number of hydrogen-bond acceptors (Lipinski definition) is 1. The van der Waals surface area contributed by atoms with E-state index in [1.807, 2.05) is 0 Å². The van der Waals surface area contributed by atoms with Gasteiger partial charge in [-0.1, -0.05) is 6.92 Å². The van der Waals surface area contributed by atoms with Crippen LogP contribution < -0.4 is 5.73 Å². The molecule has 0 fully saturated rings. The first-order chi connectivity index (χ1) is 5.65. The van der Waals surface area contributed by atoms with Crippen molar-refractivity contribution in [2.45, 2.75) is 19.4 Å². The molecule has 1 nitrogen and oxygen atoms in total. The van der Waals surface area contributed by atoms with E-state index >= 15 is 0 Å². The monoisotopic (exact) mass is 387 g/mol.